The summed E-state index contributed by atoms with van der Waals surface area (Å²) in [5.41, 5.74) is 3.05. The monoisotopic (exact) mass is 189 g/mol. The van der Waals surface area contributed by atoms with E-state index in [0.717, 1.165) is 16.8 Å². The van der Waals surface area contributed by atoms with E-state index in [4.69, 9.17) is 0 Å². The zero-order valence-electron chi connectivity index (χ0n) is 8.79. The predicted molar refractivity (Wildman–Crippen MR) is 58.5 cm³/mol. The Kier molecular flexibility index (Phi) is 3.46. The first kappa shape index (κ1) is 10.5. The van der Waals surface area contributed by atoms with E-state index >= 15 is 0 Å². The van der Waals surface area contributed by atoms with Crippen molar-refractivity contribution in [2.24, 2.45) is 0 Å². The number of amides is 1. The van der Waals surface area contributed by atoms with Gasteiger partial charge in [-0.25, -0.2) is 0 Å². The minimum atomic E-state index is -0.0370. The molecular weight excluding hydrogens is 174 g/mol. The van der Waals surface area contributed by atoms with E-state index in [-0.39, 0.29) is 5.91 Å². The molecule has 0 saturated carbocycles. The highest BCUT2D eigenvalue weighted by atomic mass is 16.1. The van der Waals surface area contributed by atoms with E-state index in [2.05, 4.69) is 5.32 Å². The number of benzene rings is 1. The van der Waals surface area contributed by atoms with Crippen LogP contribution >= 0.6 is 0 Å². The fourth-order valence-corrected chi connectivity index (χ4v) is 1.27. The number of rotatable bonds is 2. The number of allylic oxidation sites excluding steroid dienone is 1. The van der Waals surface area contributed by atoms with Crippen molar-refractivity contribution in [3.05, 3.63) is 41.5 Å². The first-order valence-corrected chi connectivity index (χ1v) is 4.61. The number of nitrogens with one attached hydrogen (secondary N) is 1. The summed E-state index contributed by atoms with van der Waals surface area (Å²) in [4.78, 5) is 11.0. The van der Waals surface area contributed by atoms with Gasteiger partial charge in [-0.1, -0.05) is 35.9 Å². The van der Waals surface area contributed by atoms with Crippen molar-refractivity contribution in [1.82, 2.24) is 5.32 Å². The maximum Gasteiger partial charge on any atom is 0.221 e. The fraction of sp³-hybridized carbons (Fsp3) is 0.250. The highest BCUT2D eigenvalue weighted by Gasteiger charge is 2.03. The van der Waals surface area contributed by atoms with Crippen LogP contribution in [0, 0.1) is 0 Å². The summed E-state index contributed by atoms with van der Waals surface area (Å²) in [6.45, 7) is 5.49. The largest absolute Gasteiger partial charge is 0.326 e. The third kappa shape index (κ3) is 2.73. The van der Waals surface area contributed by atoms with Gasteiger partial charge in [-0.05, 0) is 19.4 Å². The molecule has 1 aromatic rings. The van der Waals surface area contributed by atoms with Crippen LogP contribution in [0.2, 0.25) is 0 Å². The zero-order chi connectivity index (χ0) is 10.6. The molecule has 0 aliphatic heterocycles. The number of carbonyl (C=O) groups is 1. The Balaban J connectivity index is 3.03. The van der Waals surface area contributed by atoms with Gasteiger partial charge in [0, 0.05) is 12.6 Å². The normalized spacial score (nSPS) is 9.36. The van der Waals surface area contributed by atoms with Crippen molar-refractivity contribution in [3.63, 3.8) is 0 Å². The topological polar surface area (TPSA) is 29.1 Å². The maximum absolute atomic E-state index is 11.0. The van der Waals surface area contributed by atoms with E-state index in [1.165, 1.54) is 6.92 Å². The molecule has 0 unspecified atom stereocenters. The van der Waals surface area contributed by atoms with E-state index in [1.807, 2.05) is 44.2 Å². The number of hydrogen-bond donors (Lipinski definition) is 1. The van der Waals surface area contributed by atoms with Gasteiger partial charge in [0.25, 0.3) is 0 Å². The Morgan fingerprint density at radius 2 is 1.64 bits per heavy atom. The molecule has 0 aliphatic rings. The van der Waals surface area contributed by atoms with Gasteiger partial charge in [0.15, 0.2) is 0 Å². The molecule has 1 N–H and O–H groups in total. The van der Waals surface area contributed by atoms with Crippen molar-refractivity contribution in [2.75, 3.05) is 0 Å². The average molecular weight is 189 g/mol. The molecule has 0 bridgehead atoms. The summed E-state index contributed by atoms with van der Waals surface area (Å²) >= 11 is 0. The van der Waals surface area contributed by atoms with Crippen LogP contribution in [0.15, 0.2) is 35.9 Å². The second-order valence-electron chi connectivity index (χ2n) is 3.42. The highest BCUT2D eigenvalue weighted by molar-refractivity contribution is 5.85. The molecule has 0 aliphatic carbocycles. The van der Waals surface area contributed by atoms with Gasteiger partial charge < -0.3 is 5.32 Å². The molecule has 1 amide bonds. The predicted octanol–water partition coefficient (Wildman–Crippen LogP) is 2.57. The second kappa shape index (κ2) is 4.61. The van der Waals surface area contributed by atoms with Crippen LogP contribution in [0.4, 0.5) is 0 Å². The molecule has 0 spiro atoms. The first-order valence-electron chi connectivity index (χ1n) is 4.61. The first-order chi connectivity index (χ1) is 6.61. The van der Waals surface area contributed by atoms with Crippen molar-refractivity contribution in [3.8, 4) is 0 Å². The lowest BCUT2D eigenvalue weighted by atomic mass is 10.1. The van der Waals surface area contributed by atoms with Gasteiger partial charge in [-0.15, -0.1) is 0 Å². The molecule has 74 valence electrons. The Bertz CT molecular complexity index is 348. The van der Waals surface area contributed by atoms with Crippen molar-refractivity contribution < 1.29 is 4.79 Å². The average Bonchev–Trinajstić information content (AvgIpc) is 2.15. The Morgan fingerprint density at radius 3 is 2.07 bits per heavy atom. The lowest BCUT2D eigenvalue weighted by molar-refractivity contribution is -0.117. The third-order valence-corrected chi connectivity index (χ3v) is 1.86. The van der Waals surface area contributed by atoms with Crippen LogP contribution in [0.1, 0.15) is 26.3 Å². The summed E-state index contributed by atoms with van der Waals surface area (Å²) in [6, 6.07) is 9.84. The molecule has 2 heteroatoms. The SMILES string of the molecule is CC(=O)NC(=C(C)C)c1ccccc1. The zero-order valence-corrected chi connectivity index (χ0v) is 8.79. The molecule has 1 aromatic carbocycles. The van der Waals surface area contributed by atoms with E-state index in [0.29, 0.717) is 0 Å². The smallest absolute Gasteiger partial charge is 0.221 e. The summed E-state index contributed by atoms with van der Waals surface area (Å²) in [5, 5.41) is 2.84. The second-order valence-corrected chi connectivity index (χ2v) is 3.42. The molecule has 0 heterocycles. The molecule has 0 aromatic heterocycles. The molecule has 14 heavy (non-hydrogen) atoms. The van der Waals surface area contributed by atoms with Gasteiger partial charge in [-0.2, -0.15) is 0 Å². The fourth-order valence-electron chi connectivity index (χ4n) is 1.27. The number of hydrogen-bond acceptors (Lipinski definition) is 1. The van der Waals surface area contributed by atoms with E-state index in [9.17, 15) is 4.79 Å². The van der Waals surface area contributed by atoms with Crippen molar-refractivity contribution >= 4 is 11.6 Å². The number of carbonyl (C=O) groups excluding carboxylic acids is 1. The molecule has 2 nitrogen and oxygen atoms in total. The van der Waals surface area contributed by atoms with Gasteiger partial charge >= 0.3 is 0 Å². The van der Waals surface area contributed by atoms with Gasteiger partial charge in [0.1, 0.15) is 0 Å². The summed E-state index contributed by atoms with van der Waals surface area (Å²) in [5.74, 6) is -0.0370. The van der Waals surface area contributed by atoms with Crippen LogP contribution in [0.5, 0.6) is 0 Å². The van der Waals surface area contributed by atoms with Crippen LogP contribution in [0.25, 0.3) is 5.70 Å². The molecule has 1 rings (SSSR count). The quantitative estimate of drug-likeness (QED) is 0.761. The van der Waals surface area contributed by atoms with Gasteiger partial charge in [-0.3, -0.25) is 4.79 Å². The Hall–Kier alpha value is -1.57. The standard InChI is InChI=1S/C12H15NO/c1-9(2)12(13-10(3)14)11-7-5-4-6-8-11/h4-8H,1-3H3,(H,13,14). The summed E-state index contributed by atoms with van der Waals surface area (Å²) in [6.07, 6.45) is 0. The van der Waals surface area contributed by atoms with Crippen LogP contribution < -0.4 is 5.32 Å². The Morgan fingerprint density at radius 1 is 1.07 bits per heavy atom. The molecule has 0 saturated heterocycles. The van der Waals surface area contributed by atoms with Gasteiger partial charge in [0.2, 0.25) is 5.91 Å². The van der Waals surface area contributed by atoms with Crippen LogP contribution in [-0.4, -0.2) is 5.91 Å². The van der Waals surface area contributed by atoms with Crippen LogP contribution in [0.3, 0.4) is 0 Å². The lowest BCUT2D eigenvalue weighted by Crippen LogP contribution is -2.18. The molecule has 0 fully saturated rings. The van der Waals surface area contributed by atoms with Crippen LogP contribution in [-0.2, 0) is 4.79 Å². The Labute approximate surface area is 84.6 Å². The van der Waals surface area contributed by atoms with Crippen molar-refractivity contribution in [1.29, 1.82) is 0 Å². The van der Waals surface area contributed by atoms with E-state index in [1.54, 1.807) is 0 Å². The van der Waals surface area contributed by atoms with E-state index < -0.39 is 0 Å². The minimum absolute atomic E-state index is 0.0370. The van der Waals surface area contributed by atoms with Crippen molar-refractivity contribution in [2.45, 2.75) is 20.8 Å². The highest BCUT2D eigenvalue weighted by Crippen LogP contribution is 2.14. The molecular formula is C12H15NO. The molecule has 0 atom stereocenters. The summed E-state index contributed by atoms with van der Waals surface area (Å²) < 4.78 is 0. The minimum Gasteiger partial charge on any atom is -0.326 e. The maximum atomic E-state index is 11.0. The van der Waals surface area contributed by atoms with Gasteiger partial charge in [0.05, 0.1) is 0 Å². The molecule has 0 radical (unpaired) electrons. The lowest BCUT2D eigenvalue weighted by Gasteiger charge is -2.10. The third-order valence-electron chi connectivity index (χ3n) is 1.86. The summed E-state index contributed by atoms with van der Waals surface area (Å²) in [7, 11) is 0.